The van der Waals surface area contributed by atoms with Gasteiger partial charge in [-0.2, -0.15) is 4.91 Å². The lowest BCUT2D eigenvalue weighted by molar-refractivity contribution is 0.568. The Hall–Kier alpha value is -0.660. The average Bonchev–Trinajstić information content (AvgIpc) is 1.95. The fourth-order valence-electron chi connectivity index (χ4n) is 1.32. The van der Waals surface area contributed by atoms with Gasteiger partial charge in [0.05, 0.1) is 6.04 Å². The van der Waals surface area contributed by atoms with Crippen molar-refractivity contribution in [2.75, 3.05) is 0 Å². The van der Waals surface area contributed by atoms with Crippen LogP contribution in [0.15, 0.2) is 16.3 Å². The Labute approximate surface area is 61.3 Å². The second kappa shape index (κ2) is 2.95. The van der Waals surface area contributed by atoms with Crippen LogP contribution in [0.2, 0.25) is 0 Å². The lowest BCUT2D eigenvalue weighted by atomic mass is 9.91. The van der Waals surface area contributed by atoms with Crippen LogP contribution in [0.25, 0.3) is 0 Å². The van der Waals surface area contributed by atoms with E-state index in [9.17, 15) is 4.91 Å². The van der Waals surface area contributed by atoms with E-state index in [1.54, 1.807) is 0 Å². The molecule has 0 aliphatic heterocycles. The summed E-state index contributed by atoms with van der Waals surface area (Å²) in [6, 6.07) is 0.0590. The first-order valence-electron chi connectivity index (χ1n) is 3.71. The zero-order valence-electron chi connectivity index (χ0n) is 6.55. The maximum absolute atomic E-state index is 10.1. The second-order valence-corrected chi connectivity index (χ2v) is 3.06. The van der Waals surface area contributed by atoms with Gasteiger partial charge in [0.25, 0.3) is 0 Å². The molecule has 1 rings (SSSR count). The zero-order valence-corrected chi connectivity index (χ0v) is 6.55. The first-order valence-corrected chi connectivity index (χ1v) is 3.71. The summed E-state index contributed by atoms with van der Waals surface area (Å²) in [6.07, 6.45) is 2.89. The maximum Gasteiger partial charge on any atom is 0.0959 e. The topological polar surface area (TPSA) is 29.4 Å². The molecule has 56 valence electrons. The summed E-state index contributed by atoms with van der Waals surface area (Å²) in [4.78, 5) is 10.1. The number of hydrogen-bond acceptors (Lipinski definition) is 2. The normalized spacial score (nSPS) is 26.8. The van der Waals surface area contributed by atoms with Crippen molar-refractivity contribution in [1.29, 1.82) is 0 Å². The highest BCUT2D eigenvalue weighted by atomic mass is 16.3. The molecule has 1 atom stereocenters. The van der Waals surface area contributed by atoms with Crippen LogP contribution in [-0.2, 0) is 0 Å². The fraction of sp³-hybridized carbons (Fsp3) is 0.750. The van der Waals surface area contributed by atoms with Gasteiger partial charge in [0, 0.05) is 0 Å². The van der Waals surface area contributed by atoms with Crippen LogP contribution in [0, 0.1) is 4.91 Å². The lowest BCUT2D eigenvalue weighted by Gasteiger charge is -2.17. The SMILES string of the molecule is CC1=C(C)CC(N=O)CC1. The van der Waals surface area contributed by atoms with Crippen LogP contribution in [0.4, 0.5) is 0 Å². The van der Waals surface area contributed by atoms with Crippen molar-refractivity contribution in [1.82, 2.24) is 0 Å². The molecule has 0 heterocycles. The van der Waals surface area contributed by atoms with Crippen LogP contribution < -0.4 is 0 Å². The van der Waals surface area contributed by atoms with Crippen LogP contribution in [-0.4, -0.2) is 6.04 Å². The average molecular weight is 139 g/mol. The molecule has 0 saturated heterocycles. The minimum Gasteiger partial charge on any atom is -0.151 e. The van der Waals surface area contributed by atoms with Crippen molar-refractivity contribution < 1.29 is 0 Å². The molecule has 0 saturated carbocycles. The van der Waals surface area contributed by atoms with Gasteiger partial charge in [-0.15, -0.1) is 0 Å². The Balaban J connectivity index is 2.62. The number of nitrogens with zero attached hydrogens (tertiary/aromatic N) is 1. The quantitative estimate of drug-likeness (QED) is 0.405. The molecule has 2 heteroatoms. The Morgan fingerprint density at radius 2 is 2.10 bits per heavy atom. The molecule has 10 heavy (non-hydrogen) atoms. The molecule has 0 amide bonds. The minimum absolute atomic E-state index is 0.0590. The van der Waals surface area contributed by atoms with Crippen molar-refractivity contribution in [3.63, 3.8) is 0 Å². The molecule has 1 unspecified atom stereocenters. The maximum atomic E-state index is 10.1. The van der Waals surface area contributed by atoms with Crippen molar-refractivity contribution in [3.8, 4) is 0 Å². The van der Waals surface area contributed by atoms with E-state index >= 15 is 0 Å². The van der Waals surface area contributed by atoms with Gasteiger partial charge in [0.15, 0.2) is 0 Å². The molecule has 1 aliphatic rings. The van der Waals surface area contributed by atoms with E-state index in [2.05, 4.69) is 19.0 Å². The van der Waals surface area contributed by atoms with Crippen molar-refractivity contribution in [2.45, 2.75) is 39.2 Å². The van der Waals surface area contributed by atoms with Crippen molar-refractivity contribution >= 4 is 0 Å². The third-order valence-electron chi connectivity index (χ3n) is 2.27. The summed E-state index contributed by atoms with van der Waals surface area (Å²) in [7, 11) is 0. The highest BCUT2D eigenvalue weighted by Crippen LogP contribution is 2.25. The van der Waals surface area contributed by atoms with E-state index in [0.717, 1.165) is 19.3 Å². The number of hydrogen-bond donors (Lipinski definition) is 0. The molecule has 0 aromatic carbocycles. The third kappa shape index (κ3) is 1.43. The number of allylic oxidation sites excluding steroid dienone is 1. The molecule has 0 spiro atoms. The smallest absolute Gasteiger partial charge is 0.0959 e. The van der Waals surface area contributed by atoms with E-state index in [1.165, 1.54) is 11.1 Å². The number of nitroso groups, excluding NO2 is 1. The second-order valence-electron chi connectivity index (χ2n) is 3.06. The molecular weight excluding hydrogens is 126 g/mol. The van der Waals surface area contributed by atoms with Gasteiger partial charge in [0.1, 0.15) is 0 Å². The van der Waals surface area contributed by atoms with Crippen LogP contribution in [0.1, 0.15) is 33.1 Å². The first-order chi connectivity index (χ1) is 4.74. The number of rotatable bonds is 1. The van der Waals surface area contributed by atoms with Crippen molar-refractivity contribution in [2.24, 2.45) is 5.18 Å². The summed E-state index contributed by atoms with van der Waals surface area (Å²) in [6.45, 7) is 4.23. The van der Waals surface area contributed by atoms with Gasteiger partial charge in [-0.1, -0.05) is 16.3 Å². The van der Waals surface area contributed by atoms with E-state index < -0.39 is 0 Å². The van der Waals surface area contributed by atoms with Gasteiger partial charge >= 0.3 is 0 Å². The summed E-state index contributed by atoms with van der Waals surface area (Å²) in [5.41, 5.74) is 2.80. The fourth-order valence-corrected chi connectivity index (χ4v) is 1.32. The predicted molar refractivity (Wildman–Crippen MR) is 41.8 cm³/mol. The highest BCUT2D eigenvalue weighted by molar-refractivity contribution is 5.14. The van der Waals surface area contributed by atoms with E-state index in [-0.39, 0.29) is 6.04 Å². The summed E-state index contributed by atoms with van der Waals surface area (Å²) in [5, 5.41) is 3.05. The Bertz CT molecular complexity index is 172. The largest absolute Gasteiger partial charge is 0.151 e. The summed E-state index contributed by atoms with van der Waals surface area (Å²) < 4.78 is 0. The zero-order chi connectivity index (χ0) is 7.56. The van der Waals surface area contributed by atoms with Gasteiger partial charge in [0.2, 0.25) is 0 Å². The summed E-state index contributed by atoms with van der Waals surface area (Å²) >= 11 is 0. The Kier molecular flexibility index (Phi) is 2.20. The monoisotopic (exact) mass is 139 g/mol. The predicted octanol–water partition coefficient (Wildman–Crippen LogP) is 2.64. The van der Waals surface area contributed by atoms with Crippen LogP contribution in [0.5, 0.6) is 0 Å². The van der Waals surface area contributed by atoms with Crippen LogP contribution in [0.3, 0.4) is 0 Å². The molecule has 0 aromatic heterocycles. The molecule has 1 aliphatic carbocycles. The van der Waals surface area contributed by atoms with E-state index in [4.69, 9.17) is 0 Å². The van der Waals surface area contributed by atoms with E-state index in [1.807, 2.05) is 0 Å². The third-order valence-corrected chi connectivity index (χ3v) is 2.27. The molecule has 0 fully saturated rings. The Morgan fingerprint density at radius 3 is 2.60 bits per heavy atom. The summed E-state index contributed by atoms with van der Waals surface area (Å²) in [5.74, 6) is 0. The van der Waals surface area contributed by atoms with Crippen molar-refractivity contribution in [3.05, 3.63) is 16.1 Å². The van der Waals surface area contributed by atoms with Gasteiger partial charge < -0.3 is 0 Å². The molecule has 0 N–H and O–H groups in total. The van der Waals surface area contributed by atoms with E-state index in [0.29, 0.717) is 0 Å². The molecular formula is C8H13NO. The molecule has 0 aromatic rings. The minimum atomic E-state index is 0.0590. The standard InChI is InChI=1S/C8H13NO/c1-6-3-4-8(9-10)5-7(6)2/h8H,3-5H2,1-2H3. The van der Waals surface area contributed by atoms with Gasteiger partial charge in [-0.25, -0.2) is 0 Å². The van der Waals surface area contributed by atoms with Gasteiger partial charge in [-0.3, -0.25) is 0 Å². The molecule has 0 bridgehead atoms. The molecule has 2 nitrogen and oxygen atoms in total. The van der Waals surface area contributed by atoms with Gasteiger partial charge in [-0.05, 0) is 33.1 Å². The highest BCUT2D eigenvalue weighted by Gasteiger charge is 2.15. The van der Waals surface area contributed by atoms with Crippen LogP contribution >= 0.6 is 0 Å². The lowest BCUT2D eigenvalue weighted by Crippen LogP contribution is -2.10. The molecule has 0 radical (unpaired) electrons. The Morgan fingerprint density at radius 1 is 1.40 bits per heavy atom. The first kappa shape index (κ1) is 7.45.